The van der Waals surface area contributed by atoms with E-state index in [0.717, 1.165) is 41.8 Å². The summed E-state index contributed by atoms with van der Waals surface area (Å²) in [6.07, 6.45) is 4.18. The van der Waals surface area contributed by atoms with Crippen LogP contribution in [0.4, 0.5) is 9.93 Å². The maximum atomic E-state index is 12.9. The number of hydrogen-bond acceptors (Lipinski definition) is 5. The zero-order valence-electron chi connectivity index (χ0n) is 15.9. The molecule has 0 radical (unpaired) electrons. The average Bonchev–Trinajstić information content (AvgIpc) is 3.16. The molecule has 1 aromatic heterocycles. The van der Waals surface area contributed by atoms with E-state index in [0.29, 0.717) is 10.7 Å². The molecule has 1 aromatic carbocycles. The van der Waals surface area contributed by atoms with Crippen LogP contribution >= 0.6 is 11.3 Å². The Morgan fingerprint density at radius 3 is 2.68 bits per heavy atom. The third kappa shape index (κ3) is 3.28. The van der Waals surface area contributed by atoms with Crippen LogP contribution < -0.4 is 10.6 Å². The van der Waals surface area contributed by atoms with Crippen molar-refractivity contribution in [2.75, 3.05) is 11.9 Å². The Balaban J connectivity index is 1.46. The number of carbonyl (C=O) groups excluding carboxylic acids is 3. The van der Waals surface area contributed by atoms with E-state index in [2.05, 4.69) is 15.6 Å². The number of amides is 4. The summed E-state index contributed by atoms with van der Waals surface area (Å²) in [5.41, 5.74) is 1.62. The number of rotatable bonds is 4. The predicted octanol–water partition coefficient (Wildman–Crippen LogP) is 2.74. The Morgan fingerprint density at radius 2 is 1.96 bits per heavy atom. The van der Waals surface area contributed by atoms with E-state index in [1.807, 2.05) is 31.2 Å². The first-order chi connectivity index (χ1) is 13.4. The van der Waals surface area contributed by atoms with Crippen LogP contribution in [0.25, 0.3) is 0 Å². The van der Waals surface area contributed by atoms with Crippen molar-refractivity contribution >= 4 is 34.3 Å². The summed E-state index contributed by atoms with van der Waals surface area (Å²) in [7, 11) is 0. The van der Waals surface area contributed by atoms with E-state index in [4.69, 9.17) is 0 Å². The number of urea groups is 1. The van der Waals surface area contributed by atoms with Crippen molar-refractivity contribution in [3.63, 3.8) is 0 Å². The van der Waals surface area contributed by atoms with Crippen molar-refractivity contribution in [1.82, 2.24) is 15.2 Å². The van der Waals surface area contributed by atoms with Crippen LogP contribution in [0.1, 0.15) is 41.5 Å². The van der Waals surface area contributed by atoms with Gasteiger partial charge in [0, 0.05) is 4.88 Å². The van der Waals surface area contributed by atoms with Gasteiger partial charge in [0.1, 0.15) is 12.1 Å². The van der Waals surface area contributed by atoms with Gasteiger partial charge in [-0.25, -0.2) is 9.78 Å². The van der Waals surface area contributed by atoms with Crippen molar-refractivity contribution in [3.8, 4) is 0 Å². The molecule has 1 unspecified atom stereocenters. The highest BCUT2D eigenvalue weighted by Gasteiger charge is 2.49. The summed E-state index contributed by atoms with van der Waals surface area (Å²) in [6, 6.07) is 6.84. The molecule has 1 aliphatic carbocycles. The molecule has 28 heavy (non-hydrogen) atoms. The lowest BCUT2D eigenvalue weighted by Gasteiger charge is -2.22. The predicted molar refractivity (Wildman–Crippen MR) is 106 cm³/mol. The van der Waals surface area contributed by atoms with Gasteiger partial charge < -0.3 is 10.6 Å². The minimum absolute atomic E-state index is 0.337. The standard InChI is InChI=1S/C20H22N4O3S/c1-12-7-9-13(10-8-12)20(2)17(26)24(19(27)23-20)11-16(25)22-18-21-14-5-3-4-6-15(14)28-18/h7-10H,3-6,11H2,1-2H3,(H,23,27)(H,21,22,25). The molecule has 7 nitrogen and oxygen atoms in total. The molecule has 146 valence electrons. The molecule has 2 aromatic rings. The number of benzene rings is 1. The molecule has 4 rings (SSSR count). The van der Waals surface area contributed by atoms with E-state index in [-0.39, 0.29) is 6.54 Å². The quantitative estimate of drug-likeness (QED) is 0.775. The Kier molecular flexibility index (Phi) is 4.66. The lowest BCUT2D eigenvalue weighted by molar-refractivity contribution is -0.133. The van der Waals surface area contributed by atoms with Gasteiger partial charge in [0.25, 0.3) is 5.91 Å². The Morgan fingerprint density at radius 1 is 1.25 bits per heavy atom. The maximum Gasteiger partial charge on any atom is 0.325 e. The molecule has 1 fully saturated rings. The van der Waals surface area contributed by atoms with Gasteiger partial charge in [-0.05, 0) is 45.1 Å². The van der Waals surface area contributed by atoms with Gasteiger partial charge in [0.15, 0.2) is 5.13 Å². The number of anilines is 1. The van der Waals surface area contributed by atoms with Gasteiger partial charge in [-0.3, -0.25) is 14.5 Å². The molecule has 2 N–H and O–H groups in total. The Hall–Kier alpha value is -2.74. The lowest BCUT2D eigenvalue weighted by atomic mass is 9.91. The average molecular weight is 398 g/mol. The summed E-state index contributed by atoms with van der Waals surface area (Å²) in [4.78, 5) is 44.4. The molecule has 0 bridgehead atoms. The molecular formula is C20H22N4O3S. The Labute approximate surface area is 167 Å². The first-order valence-corrected chi connectivity index (χ1v) is 10.2. The summed E-state index contributed by atoms with van der Waals surface area (Å²) in [5.74, 6) is -0.863. The minimum Gasteiger partial charge on any atom is -0.319 e. The number of imide groups is 1. The lowest BCUT2D eigenvalue weighted by Crippen LogP contribution is -2.42. The van der Waals surface area contributed by atoms with Crippen LogP contribution in [0.5, 0.6) is 0 Å². The number of aromatic nitrogens is 1. The topological polar surface area (TPSA) is 91.4 Å². The number of carbonyl (C=O) groups is 3. The van der Waals surface area contributed by atoms with Crippen molar-refractivity contribution in [3.05, 3.63) is 46.0 Å². The van der Waals surface area contributed by atoms with Gasteiger partial charge in [-0.15, -0.1) is 11.3 Å². The summed E-state index contributed by atoms with van der Waals surface area (Å²) in [5, 5.41) is 5.99. The van der Waals surface area contributed by atoms with Gasteiger partial charge in [-0.2, -0.15) is 0 Å². The van der Waals surface area contributed by atoms with E-state index in [1.54, 1.807) is 6.92 Å². The van der Waals surface area contributed by atoms with Gasteiger partial charge in [0.2, 0.25) is 5.91 Å². The molecule has 2 aliphatic rings. The molecule has 4 amide bonds. The number of nitrogens with zero attached hydrogens (tertiary/aromatic N) is 2. The second-order valence-corrected chi connectivity index (χ2v) is 8.54. The second-order valence-electron chi connectivity index (χ2n) is 7.46. The fraction of sp³-hybridized carbons (Fsp3) is 0.400. The largest absolute Gasteiger partial charge is 0.325 e. The highest BCUT2D eigenvalue weighted by atomic mass is 32.1. The number of fused-ring (bicyclic) bond motifs is 1. The van der Waals surface area contributed by atoms with E-state index in [1.165, 1.54) is 16.2 Å². The maximum absolute atomic E-state index is 12.9. The smallest absolute Gasteiger partial charge is 0.319 e. The van der Waals surface area contributed by atoms with Crippen molar-refractivity contribution in [1.29, 1.82) is 0 Å². The van der Waals surface area contributed by atoms with E-state index in [9.17, 15) is 14.4 Å². The summed E-state index contributed by atoms with van der Waals surface area (Å²) >= 11 is 1.47. The van der Waals surface area contributed by atoms with Gasteiger partial charge >= 0.3 is 6.03 Å². The SMILES string of the molecule is Cc1ccc(C2(C)NC(=O)N(CC(=O)Nc3nc4c(s3)CCCC4)C2=O)cc1. The number of hydrogen-bond donors (Lipinski definition) is 2. The van der Waals surface area contributed by atoms with Crippen LogP contribution in [0, 0.1) is 6.92 Å². The molecule has 2 heterocycles. The third-order valence-corrected chi connectivity index (χ3v) is 6.37. The summed E-state index contributed by atoms with van der Waals surface area (Å²) < 4.78 is 0. The van der Waals surface area contributed by atoms with Crippen molar-refractivity contribution in [2.45, 2.75) is 45.1 Å². The first kappa shape index (κ1) is 18.6. The van der Waals surface area contributed by atoms with Gasteiger partial charge in [0.05, 0.1) is 5.69 Å². The molecule has 8 heteroatoms. The third-order valence-electron chi connectivity index (χ3n) is 5.30. The fourth-order valence-electron chi connectivity index (χ4n) is 3.63. The van der Waals surface area contributed by atoms with Crippen LogP contribution in [0.3, 0.4) is 0 Å². The zero-order valence-corrected chi connectivity index (χ0v) is 16.7. The van der Waals surface area contributed by atoms with Gasteiger partial charge in [-0.1, -0.05) is 29.8 Å². The molecular weight excluding hydrogens is 376 g/mol. The van der Waals surface area contributed by atoms with Crippen LogP contribution in [0.2, 0.25) is 0 Å². The number of thiazole rings is 1. The summed E-state index contributed by atoms with van der Waals surface area (Å²) in [6.45, 7) is 3.27. The minimum atomic E-state index is -1.18. The molecule has 1 saturated heterocycles. The molecule has 1 aliphatic heterocycles. The molecule has 0 saturated carbocycles. The molecule has 1 atom stereocenters. The second kappa shape index (κ2) is 7.01. The highest BCUT2D eigenvalue weighted by Crippen LogP contribution is 2.31. The molecule has 0 spiro atoms. The fourth-order valence-corrected chi connectivity index (χ4v) is 4.70. The zero-order chi connectivity index (χ0) is 19.9. The van der Waals surface area contributed by atoms with Crippen molar-refractivity contribution in [2.24, 2.45) is 0 Å². The highest BCUT2D eigenvalue weighted by molar-refractivity contribution is 7.15. The monoisotopic (exact) mass is 398 g/mol. The van der Waals surface area contributed by atoms with E-state index < -0.39 is 23.4 Å². The number of aryl methyl sites for hydroxylation is 3. The first-order valence-electron chi connectivity index (χ1n) is 9.36. The van der Waals surface area contributed by atoms with Crippen LogP contribution in [-0.4, -0.2) is 34.3 Å². The normalized spacial score (nSPS) is 21.4. The Bertz CT molecular complexity index is 929. The van der Waals surface area contributed by atoms with E-state index >= 15 is 0 Å². The van der Waals surface area contributed by atoms with Crippen LogP contribution in [0.15, 0.2) is 24.3 Å². The van der Waals surface area contributed by atoms with Crippen LogP contribution in [-0.2, 0) is 28.0 Å². The van der Waals surface area contributed by atoms with Crippen molar-refractivity contribution < 1.29 is 14.4 Å². The number of nitrogens with one attached hydrogen (secondary N) is 2.